The number of carbonyl (C=O) groups is 1. The Morgan fingerprint density at radius 1 is 1.00 bits per heavy atom. The molecule has 0 aliphatic rings. The van der Waals surface area contributed by atoms with Crippen LogP contribution in [0.15, 0.2) is 84.0 Å². The molecular weight excluding hydrogens is 414 g/mol. The second-order valence-electron chi connectivity index (χ2n) is 6.89. The van der Waals surface area contributed by atoms with Crippen LogP contribution in [0.4, 0.5) is 5.69 Å². The number of hydrazone groups is 1. The number of ether oxygens (including phenoxy) is 1. The number of rotatable bonds is 8. The van der Waals surface area contributed by atoms with E-state index in [0.29, 0.717) is 17.2 Å². The molecule has 3 aromatic rings. The van der Waals surface area contributed by atoms with Crippen LogP contribution in [0.5, 0.6) is 11.5 Å². The highest BCUT2D eigenvalue weighted by Gasteiger charge is 2.20. The molecule has 0 bridgehead atoms. The van der Waals surface area contributed by atoms with Crippen molar-refractivity contribution in [1.82, 2.24) is 5.43 Å². The third-order valence-electron chi connectivity index (χ3n) is 4.24. The smallest absolute Gasteiger partial charge is 0.260 e. The van der Waals surface area contributed by atoms with Crippen LogP contribution in [0, 0.1) is 6.92 Å². The average molecular weight is 438 g/mol. The number of carbonyl (C=O) groups excluding carboxylic acids is 1. The number of sulfonamides is 1. The van der Waals surface area contributed by atoms with Gasteiger partial charge in [-0.3, -0.25) is 9.10 Å². The van der Waals surface area contributed by atoms with E-state index in [1.165, 1.54) is 6.21 Å². The number of hydrogen-bond donors (Lipinski definition) is 1. The lowest BCUT2D eigenvalue weighted by Crippen LogP contribution is -2.39. The van der Waals surface area contributed by atoms with E-state index in [1.54, 1.807) is 24.3 Å². The molecule has 0 aromatic heterocycles. The Kier molecular flexibility index (Phi) is 7.04. The molecule has 0 saturated heterocycles. The minimum absolute atomic E-state index is 0.348. The van der Waals surface area contributed by atoms with E-state index in [4.69, 9.17) is 4.74 Å². The van der Waals surface area contributed by atoms with Gasteiger partial charge < -0.3 is 4.74 Å². The fourth-order valence-corrected chi connectivity index (χ4v) is 3.66. The predicted molar refractivity (Wildman–Crippen MR) is 122 cm³/mol. The second-order valence-corrected chi connectivity index (χ2v) is 8.79. The summed E-state index contributed by atoms with van der Waals surface area (Å²) in [6.07, 6.45) is 2.55. The number of anilines is 1. The van der Waals surface area contributed by atoms with Crippen LogP contribution in [0.3, 0.4) is 0 Å². The van der Waals surface area contributed by atoms with Gasteiger partial charge in [0, 0.05) is 0 Å². The molecule has 0 aliphatic carbocycles. The maximum atomic E-state index is 12.3. The molecule has 3 aromatic carbocycles. The zero-order valence-electron chi connectivity index (χ0n) is 17.2. The van der Waals surface area contributed by atoms with Gasteiger partial charge in [-0.25, -0.2) is 13.8 Å². The first-order valence-corrected chi connectivity index (χ1v) is 11.4. The number of para-hydroxylation sites is 1. The van der Waals surface area contributed by atoms with Crippen LogP contribution in [0.25, 0.3) is 0 Å². The molecule has 0 atom stereocenters. The third-order valence-corrected chi connectivity index (χ3v) is 5.38. The van der Waals surface area contributed by atoms with Gasteiger partial charge in [-0.15, -0.1) is 0 Å². The Balaban J connectivity index is 1.66. The molecule has 1 N–H and O–H groups in total. The summed E-state index contributed by atoms with van der Waals surface area (Å²) in [7, 11) is -3.69. The van der Waals surface area contributed by atoms with Gasteiger partial charge in [-0.2, -0.15) is 5.10 Å². The highest BCUT2D eigenvalue weighted by molar-refractivity contribution is 7.92. The summed E-state index contributed by atoms with van der Waals surface area (Å²) < 4.78 is 31.2. The summed E-state index contributed by atoms with van der Waals surface area (Å²) in [5.41, 5.74) is 4.61. The first kappa shape index (κ1) is 22.0. The van der Waals surface area contributed by atoms with Crippen LogP contribution >= 0.6 is 0 Å². The maximum Gasteiger partial charge on any atom is 0.260 e. The van der Waals surface area contributed by atoms with Crippen molar-refractivity contribution in [2.75, 3.05) is 17.1 Å². The van der Waals surface area contributed by atoms with Gasteiger partial charge in [-0.05, 0) is 48.9 Å². The summed E-state index contributed by atoms with van der Waals surface area (Å²) >= 11 is 0. The van der Waals surface area contributed by atoms with E-state index in [9.17, 15) is 13.2 Å². The van der Waals surface area contributed by atoms with Crippen LogP contribution in [0.2, 0.25) is 0 Å². The van der Waals surface area contributed by atoms with Gasteiger partial charge in [0.05, 0.1) is 18.2 Å². The standard InChI is InChI=1S/C23H23N3O4S/c1-18-7-6-8-19(15-18)16-24-25-23(27)17-26(31(2,28)29)20-11-13-22(14-12-20)30-21-9-4-3-5-10-21/h3-16H,17H2,1-2H3,(H,25,27)/b24-16+. The van der Waals surface area contributed by atoms with E-state index >= 15 is 0 Å². The second kappa shape index (κ2) is 9.90. The fraction of sp³-hybridized carbons (Fsp3) is 0.130. The molecule has 0 saturated carbocycles. The highest BCUT2D eigenvalue weighted by atomic mass is 32.2. The largest absolute Gasteiger partial charge is 0.457 e. The van der Waals surface area contributed by atoms with Gasteiger partial charge >= 0.3 is 0 Å². The minimum atomic E-state index is -3.69. The van der Waals surface area contributed by atoms with Crippen LogP contribution in [-0.4, -0.2) is 33.3 Å². The summed E-state index contributed by atoms with van der Waals surface area (Å²) in [4.78, 5) is 12.3. The van der Waals surface area contributed by atoms with Gasteiger partial charge in [0.2, 0.25) is 10.0 Å². The van der Waals surface area contributed by atoms with E-state index in [1.807, 2.05) is 61.5 Å². The molecule has 0 heterocycles. The molecule has 1 amide bonds. The third kappa shape index (κ3) is 6.68. The van der Waals surface area contributed by atoms with Crippen molar-refractivity contribution < 1.29 is 17.9 Å². The quantitative estimate of drug-likeness (QED) is 0.430. The van der Waals surface area contributed by atoms with E-state index in [2.05, 4.69) is 10.5 Å². The lowest BCUT2D eigenvalue weighted by molar-refractivity contribution is -0.119. The molecule has 0 aliphatic heterocycles. The van der Waals surface area contributed by atoms with Crippen molar-refractivity contribution in [3.8, 4) is 11.5 Å². The van der Waals surface area contributed by atoms with Crippen LogP contribution < -0.4 is 14.5 Å². The molecule has 160 valence electrons. The normalized spacial score (nSPS) is 11.3. The first-order valence-electron chi connectivity index (χ1n) is 9.50. The Morgan fingerprint density at radius 2 is 1.68 bits per heavy atom. The van der Waals surface area contributed by atoms with Crippen molar-refractivity contribution in [2.45, 2.75) is 6.92 Å². The minimum Gasteiger partial charge on any atom is -0.457 e. The Bertz CT molecular complexity index is 1160. The zero-order valence-corrected chi connectivity index (χ0v) is 18.0. The number of aryl methyl sites for hydroxylation is 1. The number of amides is 1. The predicted octanol–water partition coefficient (Wildman–Crippen LogP) is 3.70. The molecule has 7 nitrogen and oxygen atoms in total. The molecule has 0 radical (unpaired) electrons. The number of hydrogen-bond acceptors (Lipinski definition) is 5. The summed E-state index contributed by atoms with van der Waals surface area (Å²) in [6.45, 7) is 1.55. The number of nitrogens with zero attached hydrogens (tertiary/aromatic N) is 2. The maximum absolute atomic E-state index is 12.3. The number of nitrogens with one attached hydrogen (secondary N) is 1. The molecule has 0 spiro atoms. The van der Waals surface area contributed by atoms with Crippen molar-refractivity contribution in [3.05, 3.63) is 90.0 Å². The van der Waals surface area contributed by atoms with E-state index in [-0.39, 0.29) is 0 Å². The monoisotopic (exact) mass is 437 g/mol. The van der Waals surface area contributed by atoms with Gasteiger partial charge in [0.1, 0.15) is 18.0 Å². The van der Waals surface area contributed by atoms with Crippen LogP contribution in [0.1, 0.15) is 11.1 Å². The molecule has 0 fully saturated rings. The zero-order chi connectivity index (χ0) is 22.3. The SMILES string of the molecule is Cc1cccc(/C=N/NC(=O)CN(c2ccc(Oc3ccccc3)cc2)S(C)(=O)=O)c1. The molecule has 0 unspecified atom stereocenters. The van der Waals surface area contributed by atoms with E-state index in [0.717, 1.165) is 21.7 Å². The summed E-state index contributed by atoms with van der Waals surface area (Å²) in [5.74, 6) is 0.663. The highest BCUT2D eigenvalue weighted by Crippen LogP contribution is 2.25. The van der Waals surface area contributed by atoms with Crippen molar-refractivity contribution in [2.24, 2.45) is 5.10 Å². The van der Waals surface area contributed by atoms with Crippen molar-refractivity contribution in [1.29, 1.82) is 0 Å². The Hall–Kier alpha value is -3.65. The van der Waals surface area contributed by atoms with Gasteiger partial charge in [0.25, 0.3) is 5.91 Å². The fourth-order valence-electron chi connectivity index (χ4n) is 2.80. The van der Waals surface area contributed by atoms with Crippen molar-refractivity contribution >= 4 is 27.8 Å². The Morgan fingerprint density at radius 3 is 2.32 bits per heavy atom. The molecule has 8 heteroatoms. The van der Waals surface area contributed by atoms with E-state index < -0.39 is 22.5 Å². The molecular formula is C23H23N3O4S. The average Bonchev–Trinajstić information content (AvgIpc) is 2.73. The Labute approximate surface area is 182 Å². The van der Waals surface area contributed by atoms with Gasteiger partial charge in [-0.1, -0.05) is 48.0 Å². The summed E-state index contributed by atoms with van der Waals surface area (Å²) in [6, 6.07) is 23.3. The molecule has 31 heavy (non-hydrogen) atoms. The van der Waals surface area contributed by atoms with Gasteiger partial charge in [0.15, 0.2) is 0 Å². The lowest BCUT2D eigenvalue weighted by Gasteiger charge is -2.21. The summed E-state index contributed by atoms with van der Waals surface area (Å²) in [5, 5.41) is 3.91. The number of benzene rings is 3. The lowest BCUT2D eigenvalue weighted by atomic mass is 10.2. The first-order chi connectivity index (χ1) is 14.8. The van der Waals surface area contributed by atoms with Crippen LogP contribution in [-0.2, 0) is 14.8 Å². The van der Waals surface area contributed by atoms with Crippen molar-refractivity contribution in [3.63, 3.8) is 0 Å². The molecule has 3 rings (SSSR count). The topological polar surface area (TPSA) is 88.1 Å².